The SMILES string of the molecule is CC(C)(C)OC(=O)Nc1cnc(-c2ccccc2)nc1COCCOCC(F)(F)F. The average Bonchev–Trinajstić information content (AvgIpc) is 2.64. The van der Waals surface area contributed by atoms with Crippen LogP contribution in [0.3, 0.4) is 0 Å². The van der Waals surface area contributed by atoms with E-state index in [1.54, 1.807) is 20.8 Å². The van der Waals surface area contributed by atoms with E-state index in [4.69, 9.17) is 9.47 Å². The van der Waals surface area contributed by atoms with Crippen molar-refractivity contribution in [2.75, 3.05) is 25.1 Å². The lowest BCUT2D eigenvalue weighted by atomic mass is 10.2. The highest BCUT2D eigenvalue weighted by Crippen LogP contribution is 2.21. The third-order valence-corrected chi connectivity index (χ3v) is 3.41. The maximum absolute atomic E-state index is 12.1. The first-order valence-electron chi connectivity index (χ1n) is 9.17. The molecule has 1 heterocycles. The predicted molar refractivity (Wildman–Crippen MR) is 104 cm³/mol. The lowest BCUT2D eigenvalue weighted by Gasteiger charge is -2.20. The van der Waals surface area contributed by atoms with E-state index in [2.05, 4.69) is 20.0 Å². The highest BCUT2D eigenvalue weighted by atomic mass is 19.4. The summed E-state index contributed by atoms with van der Waals surface area (Å²) in [4.78, 5) is 20.8. The van der Waals surface area contributed by atoms with Gasteiger partial charge in [0.15, 0.2) is 5.82 Å². The second-order valence-corrected chi connectivity index (χ2v) is 7.27. The highest BCUT2D eigenvalue weighted by Gasteiger charge is 2.27. The molecule has 0 saturated carbocycles. The van der Waals surface area contributed by atoms with Crippen LogP contribution >= 0.6 is 0 Å². The number of nitrogens with zero attached hydrogens (tertiary/aromatic N) is 2. The number of carbonyl (C=O) groups is 1. The molecular formula is C20H24F3N3O4. The molecule has 0 spiro atoms. The minimum Gasteiger partial charge on any atom is -0.444 e. The van der Waals surface area contributed by atoms with Gasteiger partial charge >= 0.3 is 12.3 Å². The quantitative estimate of drug-likeness (QED) is 0.621. The van der Waals surface area contributed by atoms with Crippen molar-refractivity contribution in [1.29, 1.82) is 0 Å². The van der Waals surface area contributed by atoms with Crippen LogP contribution in [0.1, 0.15) is 26.5 Å². The Hall–Kier alpha value is -2.72. The van der Waals surface area contributed by atoms with Gasteiger partial charge in [-0.2, -0.15) is 13.2 Å². The van der Waals surface area contributed by atoms with Gasteiger partial charge in [0, 0.05) is 5.56 Å². The monoisotopic (exact) mass is 427 g/mol. The second-order valence-electron chi connectivity index (χ2n) is 7.27. The lowest BCUT2D eigenvalue weighted by Crippen LogP contribution is -2.27. The van der Waals surface area contributed by atoms with Gasteiger partial charge in [-0.15, -0.1) is 0 Å². The number of hydrogen-bond acceptors (Lipinski definition) is 6. The van der Waals surface area contributed by atoms with Crippen LogP contribution in [0.4, 0.5) is 23.7 Å². The van der Waals surface area contributed by atoms with E-state index in [9.17, 15) is 18.0 Å². The van der Waals surface area contributed by atoms with E-state index in [1.807, 2.05) is 30.3 Å². The van der Waals surface area contributed by atoms with E-state index in [1.165, 1.54) is 6.20 Å². The molecule has 0 saturated heterocycles. The first-order chi connectivity index (χ1) is 14.0. The molecular weight excluding hydrogens is 403 g/mol. The fourth-order valence-electron chi connectivity index (χ4n) is 2.25. The summed E-state index contributed by atoms with van der Waals surface area (Å²) in [6.07, 6.45) is -3.65. The number of amides is 1. The normalized spacial score (nSPS) is 11.9. The van der Waals surface area contributed by atoms with Gasteiger partial charge in [0.25, 0.3) is 0 Å². The molecule has 0 aliphatic rings. The molecule has 1 amide bonds. The molecule has 2 rings (SSSR count). The number of aromatic nitrogens is 2. The van der Waals surface area contributed by atoms with E-state index in [-0.39, 0.29) is 25.5 Å². The molecule has 10 heteroatoms. The Morgan fingerprint density at radius 3 is 2.37 bits per heavy atom. The molecule has 30 heavy (non-hydrogen) atoms. The third-order valence-electron chi connectivity index (χ3n) is 3.41. The maximum atomic E-state index is 12.1. The second kappa shape index (κ2) is 10.4. The van der Waals surface area contributed by atoms with Crippen LogP contribution in [-0.2, 0) is 20.8 Å². The van der Waals surface area contributed by atoms with Gasteiger partial charge in [-0.3, -0.25) is 5.32 Å². The summed E-state index contributed by atoms with van der Waals surface area (Å²) in [5.41, 5.74) is 0.697. The Balaban J connectivity index is 2.07. The standard InChI is InChI=1S/C20H24F3N3O4/c1-19(2,3)30-18(27)26-15-11-24-17(14-7-5-4-6-8-14)25-16(15)12-28-9-10-29-13-20(21,22)23/h4-8,11H,9-10,12-13H2,1-3H3,(H,26,27). The zero-order valence-electron chi connectivity index (χ0n) is 17.0. The maximum Gasteiger partial charge on any atom is 0.412 e. The van der Waals surface area contributed by atoms with Crippen LogP contribution in [0.5, 0.6) is 0 Å². The van der Waals surface area contributed by atoms with E-state index >= 15 is 0 Å². The molecule has 1 aromatic carbocycles. The van der Waals surface area contributed by atoms with Crippen LogP contribution in [0.15, 0.2) is 36.5 Å². The van der Waals surface area contributed by atoms with Crippen molar-refractivity contribution in [2.24, 2.45) is 0 Å². The smallest absolute Gasteiger partial charge is 0.412 e. The van der Waals surface area contributed by atoms with Crippen LogP contribution in [0, 0.1) is 0 Å². The molecule has 164 valence electrons. The largest absolute Gasteiger partial charge is 0.444 e. The number of hydrogen-bond donors (Lipinski definition) is 1. The molecule has 1 N–H and O–H groups in total. The molecule has 0 atom stereocenters. The molecule has 0 unspecified atom stereocenters. The number of anilines is 1. The number of ether oxygens (including phenoxy) is 3. The Kier molecular flexibility index (Phi) is 8.13. The number of halogens is 3. The van der Waals surface area contributed by atoms with E-state index < -0.39 is 24.5 Å². The summed E-state index contributed by atoms with van der Waals surface area (Å²) in [6, 6.07) is 9.17. The molecule has 0 fully saturated rings. The third kappa shape index (κ3) is 8.75. The fourth-order valence-corrected chi connectivity index (χ4v) is 2.25. The number of nitrogens with one attached hydrogen (secondary N) is 1. The predicted octanol–water partition coefficient (Wildman–Crippen LogP) is 4.59. The van der Waals surface area contributed by atoms with Crippen molar-refractivity contribution in [3.63, 3.8) is 0 Å². The lowest BCUT2D eigenvalue weighted by molar-refractivity contribution is -0.176. The van der Waals surface area contributed by atoms with Crippen molar-refractivity contribution in [3.8, 4) is 11.4 Å². The summed E-state index contributed by atoms with van der Waals surface area (Å²) in [6.45, 7) is 3.47. The van der Waals surface area contributed by atoms with E-state index in [0.717, 1.165) is 5.56 Å². The summed E-state index contributed by atoms with van der Waals surface area (Å²) >= 11 is 0. The number of rotatable bonds is 8. The van der Waals surface area contributed by atoms with Gasteiger partial charge in [0.05, 0.1) is 37.4 Å². The average molecular weight is 427 g/mol. The summed E-state index contributed by atoms with van der Waals surface area (Å²) < 4.78 is 51.4. The topological polar surface area (TPSA) is 82.6 Å². The highest BCUT2D eigenvalue weighted by molar-refractivity contribution is 5.85. The zero-order valence-corrected chi connectivity index (χ0v) is 17.0. The van der Waals surface area contributed by atoms with Crippen LogP contribution in [0.25, 0.3) is 11.4 Å². The van der Waals surface area contributed by atoms with Gasteiger partial charge in [0.1, 0.15) is 12.2 Å². The van der Waals surface area contributed by atoms with Crippen LogP contribution in [-0.4, -0.2) is 47.7 Å². The van der Waals surface area contributed by atoms with Gasteiger partial charge in [0.2, 0.25) is 0 Å². The Morgan fingerprint density at radius 1 is 1.07 bits per heavy atom. The summed E-state index contributed by atoms with van der Waals surface area (Å²) in [7, 11) is 0. The van der Waals surface area contributed by atoms with E-state index in [0.29, 0.717) is 11.5 Å². The fraction of sp³-hybridized carbons (Fsp3) is 0.450. The van der Waals surface area contributed by atoms with Crippen molar-refractivity contribution in [1.82, 2.24) is 9.97 Å². The van der Waals surface area contributed by atoms with Crippen molar-refractivity contribution >= 4 is 11.8 Å². The number of alkyl halides is 3. The van der Waals surface area contributed by atoms with Crippen LogP contribution in [0.2, 0.25) is 0 Å². The molecule has 0 aliphatic carbocycles. The Bertz CT molecular complexity index is 824. The van der Waals surface area contributed by atoms with Gasteiger partial charge in [-0.25, -0.2) is 14.8 Å². The van der Waals surface area contributed by atoms with Crippen LogP contribution < -0.4 is 5.32 Å². The first-order valence-corrected chi connectivity index (χ1v) is 9.17. The van der Waals surface area contributed by atoms with Crippen molar-refractivity contribution < 1.29 is 32.2 Å². The molecule has 7 nitrogen and oxygen atoms in total. The van der Waals surface area contributed by atoms with Gasteiger partial charge in [-0.1, -0.05) is 30.3 Å². The molecule has 2 aromatic rings. The van der Waals surface area contributed by atoms with Gasteiger partial charge in [-0.05, 0) is 20.8 Å². The molecule has 0 aliphatic heterocycles. The Labute approximate surface area is 172 Å². The minimum atomic E-state index is -4.39. The first kappa shape index (κ1) is 23.6. The van der Waals surface area contributed by atoms with Crippen molar-refractivity contribution in [3.05, 3.63) is 42.2 Å². The van der Waals surface area contributed by atoms with Gasteiger partial charge < -0.3 is 14.2 Å². The molecule has 0 bridgehead atoms. The summed E-state index contributed by atoms with van der Waals surface area (Å²) in [5, 5.41) is 2.57. The molecule has 0 radical (unpaired) electrons. The molecule has 1 aromatic heterocycles. The van der Waals surface area contributed by atoms with Crippen molar-refractivity contribution in [2.45, 2.75) is 39.2 Å². The minimum absolute atomic E-state index is 0.0666. The zero-order chi connectivity index (χ0) is 22.2. The Morgan fingerprint density at radius 2 is 1.73 bits per heavy atom. The summed E-state index contributed by atoms with van der Waals surface area (Å²) in [5.74, 6) is 0.414. The number of benzene rings is 1. The number of carbonyl (C=O) groups excluding carboxylic acids is 1.